The molecule has 0 bridgehead atoms. The van der Waals surface area contributed by atoms with E-state index in [2.05, 4.69) is 4.98 Å². The molecule has 0 aliphatic rings. The summed E-state index contributed by atoms with van der Waals surface area (Å²) >= 11 is 0. The maximum absolute atomic E-state index is 11.9. The molecule has 0 spiro atoms. The molecule has 1 heterocycles. The van der Waals surface area contributed by atoms with Crippen LogP contribution in [0.4, 0.5) is 14.8 Å². The first-order valence-electron chi connectivity index (χ1n) is 3.68. The quantitative estimate of drug-likeness (QED) is 0.768. The molecule has 1 N–H and O–H groups in total. The zero-order chi connectivity index (χ0) is 9.84. The lowest BCUT2D eigenvalue weighted by Gasteiger charge is -2.12. The van der Waals surface area contributed by atoms with Crippen LogP contribution in [0.1, 0.15) is 5.69 Å². The third kappa shape index (κ3) is 2.66. The number of hydrogen-bond donors (Lipinski definition) is 1. The van der Waals surface area contributed by atoms with E-state index >= 15 is 0 Å². The van der Waals surface area contributed by atoms with Crippen LogP contribution < -0.4 is 4.90 Å². The van der Waals surface area contributed by atoms with E-state index in [1.807, 2.05) is 0 Å². The van der Waals surface area contributed by atoms with Crippen molar-refractivity contribution in [2.24, 2.45) is 0 Å². The van der Waals surface area contributed by atoms with Gasteiger partial charge < -0.3 is 14.4 Å². The van der Waals surface area contributed by atoms with Gasteiger partial charge in [-0.1, -0.05) is 0 Å². The van der Waals surface area contributed by atoms with E-state index in [0.29, 0.717) is 5.69 Å². The number of oxazole rings is 1. The highest BCUT2D eigenvalue weighted by molar-refractivity contribution is 5.24. The van der Waals surface area contributed by atoms with Crippen LogP contribution in [-0.4, -0.2) is 30.1 Å². The summed E-state index contributed by atoms with van der Waals surface area (Å²) in [5.41, 5.74) is 0.330. The minimum Gasteiger partial charge on any atom is -0.432 e. The van der Waals surface area contributed by atoms with Crippen molar-refractivity contribution in [2.75, 3.05) is 18.5 Å². The second-order valence-electron chi connectivity index (χ2n) is 2.55. The van der Waals surface area contributed by atoms with Gasteiger partial charge in [0.05, 0.1) is 13.2 Å². The second kappa shape index (κ2) is 4.18. The van der Waals surface area contributed by atoms with Gasteiger partial charge in [0.1, 0.15) is 12.0 Å². The van der Waals surface area contributed by atoms with E-state index in [4.69, 9.17) is 9.52 Å². The molecule has 0 aliphatic carbocycles. The van der Waals surface area contributed by atoms with Crippen molar-refractivity contribution in [1.82, 2.24) is 4.98 Å². The van der Waals surface area contributed by atoms with Crippen molar-refractivity contribution in [2.45, 2.75) is 13.0 Å². The largest absolute Gasteiger partial charge is 0.432 e. The number of aliphatic hydroxyl groups is 1. The lowest BCUT2D eigenvalue weighted by atomic mass is 10.5. The first-order chi connectivity index (χ1) is 6.13. The summed E-state index contributed by atoms with van der Waals surface area (Å²) in [6, 6.07) is 0.0874. The lowest BCUT2D eigenvalue weighted by Crippen LogP contribution is -2.24. The summed E-state index contributed by atoms with van der Waals surface area (Å²) in [6.07, 6.45) is -1.20. The van der Waals surface area contributed by atoms with Crippen LogP contribution in [0.15, 0.2) is 10.7 Å². The van der Waals surface area contributed by atoms with E-state index < -0.39 is 13.0 Å². The SMILES string of the molecule is CN(CC(F)F)c1nc(CO)co1. The van der Waals surface area contributed by atoms with Crippen LogP contribution in [0, 0.1) is 0 Å². The summed E-state index contributed by atoms with van der Waals surface area (Å²) in [7, 11) is 1.44. The normalized spacial score (nSPS) is 10.8. The van der Waals surface area contributed by atoms with Gasteiger partial charge in [0, 0.05) is 7.05 Å². The van der Waals surface area contributed by atoms with Gasteiger partial charge in [-0.3, -0.25) is 0 Å². The van der Waals surface area contributed by atoms with Gasteiger partial charge in [0.15, 0.2) is 0 Å². The minimum absolute atomic E-state index is 0.0874. The third-order valence-electron chi connectivity index (χ3n) is 1.44. The fourth-order valence-electron chi connectivity index (χ4n) is 0.829. The average molecular weight is 192 g/mol. The smallest absolute Gasteiger partial charge is 0.297 e. The Hall–Kier alpha value is -1.17. The summed E-state index contributed by atoms with van der Waals surface area (Å²) in [5, 5.41) is 8.63. The molecule has 1 rings (SSSR count). The molecule has 13 heavy (non-hydrogen) atoms. The number of nitrogens with zero attached hydrogens (tertiary/aromatic N) is 2. The van der Waals surface area contributed by atoms with E-state index in [1.54, 1.807) is 0 Å². The Bertz CT molecular complexity index is 265. The molecule has 1 aromatic rings. The first kappa shape index (κ1) is 9.91. The number of alkyl halides is 2. The molecule has 0 unspecified atom stereocenters. The molecular formula is C7H10F2N2O2. The maximum atomic E-state index is 11.9. The number of hydrogen-bond acceptors (Lipinski definition) is 4. The highest BCUT2D eigenvalue weighted by Crippen LogP contribution is 2.12. The Balaban J connectivity index is 2.60. The Morgan fingerprint density at radius 2 is 2.38 bits per heavy atom. The van der Waals surface area contributed by atoms with Crippen LogP contribution in [0.5, 0.6) is 0 Å². The van der Waals surface area contributed by atoms with Crippen LogP contribution in [-0.2, 0) is 6.61 Å². The van der Waals surface area contributed by atoms with Gasteiger partial charge in [-0.15, -0.1) is 0 Å². The van der Waals surface area contributed by atoms with Gasteiger partial charge in [-0.05, 0) is 0 Å². The third-order valence-corrected chi connectivity index (χ3v) is 1.44. The van der Waals surface area contributed by atoms with E-state index in [9.17, 15) is 8.78 Å². The summed E-state index contributed by atoms with van der Waals surface area (Å²) in [4.78, 5) is 4.94. The molecule has 6 heteroatoms. The van der Waals surface area contributed by atoms with Crippen LogP contribution in [0.25, 0.3) is 0 Å². The molecule has 1 aromatic heterocycles. The highest BCUT2D eigenvalue weighted by Gasteiger charge is 2.12. The lowest BCUT2D eigenvalue weighted by molar-refractivity contribution is 0.155. The molecule has 0 aliphatic heterocycles. The molecule has 0 atom stereocenters. The zero-order valence-electron chi connectivity index (χ0n) is 7.07. The predicted molar refractivity (Wildman–Crippen MR) is 41.7 cm³/mol. The number of aliphatic hydroxyl groups excluding tert-OH is 1. The van der Waals surface area contributed by atoms with Crippen molar-refractivity contribution < 1.29 is 18.3 Å². The molecular weight excluding hydrogens is 182 g/mol. The zero-order valence-corrected chi connectivity index (χ0v) is 7.07. The average Bonchev–Trinajstić information content (AvgIpc) is 2.50. The molecule has 0 aromatic carbocycles. The molecule has 0 saturated heterocycles. The molecule has 0 saturated carbocycles. The number of aromatic nitrogens is 1. The van der Waals surface area contributed by atoms with Gasteiger partial charge in [-0.2, -0.15) is 4.98 Å². The number of halogens is 2. The molecule has 0 fully saturated rings. The van der Waals surface area contributed by atoms with Gasteiger partial charge >= 0.3 is 0 Å². The van der Waals surface area contributed by atoms with E-state index in [1.165, 1.54) is 18.2 Å². The van der Waals surface area contributed by atoms with Crippen molar-refractivity contribution >= 4 is 6.01 Å². The molecule has 4 nitrogen and oxygen atoms in total. The minimum atomic E-state index is -2.44. The first-order valence-corrected chi connectivity index (χ1v) is 3.68. The van der Waals surface area contributed by atoms with Crippen LogP contribution in [0.2, 0.25) is 0 Å². The Kier molecular flexibility index (Phi) is 3.18. The number of anilines is 1. The van der Waals surface area contributed by atoms with Crippen molar-refractivity contribution in [1.29, 1.82) is 0 Å². The van der Waals surface area contributed by atoms with E-state index in [-0.39, 0.29) is 12.6 Å². The highest BCUT2D eigenvalue weighted by atomic mass is 19.3. The second-order valence-corrected chi connectivity index (χ2v) is 2.55. The standard InChI is InChI=1S/C7H10F2N2O2/c1-11(2-6(8)9)7-10-5(3-12)4-13-7/h4,6,12H,2-3H2,1H3. The molecule has 0 radical (unpaired) electrons. The van der Waals surface area contributed by atoms with Gasteiger partial charge in [0.2, 0.25) is 0 Å². The Morgan fingerprint density at radius 3 is 2.85 bits per heavy atom. The van der Waals surface area contributed by atoms with Crippen molar-refractivity contribution in [3.05, 3.63) is 12.0 Å². The topological polar surface area (TPSA) is 49.5 Å². The maximum Gasteiger partial charge on any atom is 0.297 e. The molecule has 74 valence electrons. The summed E-state index contributed by atoms with van der Waals surface area (Å²) in [5.74, 6) is 0. The summed E-state index contributed by atoms with van der Waals surface area (Å²) < 4.78 is 28.6. The fourth-order valence-corrected chi connectivity index (χ4v) is 0.829. The Labute approximate surface area is 73.8 Å². The monoisotopic (exact) mass is 192 g/mol. The van der Waals surface area contributed by atoms with Crippen LogP contribution >= 0.6 is 0 Å². The number of rotatable bonds is 4. The van der Waals surface area contributed by atoms with Gasteiger partial charge in [0.25, 0.3) is 12.4 Å². The summed E-state index contributed by atoms with van der Waals surface area (Å²) in [6.45, 7) is -0.697. The van der Waals surface area contributed by atoms with Crippen molar-refractivity contribution in [3.8, 4) is 0 Å². The van der Waals surface area contributed by atoms with E-state index in [0.717, 1.165) is 0 Å². The predicted octanol–water partition coefficient (Wildman–Crippen LogP) is 0.868. The van der Waals surface area contributed by atoms with Gasteiger partial charge in [-0.25, -0.2) is 8.78 Å². The Morgan fingerprint density at radius 1 is 1.69 bits per heavy atom. The van der Waals surface area contributed by atoms with Crippen LogP contribution in [0.3, 0.4) is 0 Å². The fraction of sp³-hybridized carbons (Fsp3) is 0.571. The van der Waals surface area contributed by atoms with Crippen molar-refractivity contribution in [3.63, 3.8) is 0 Å². The molecule has 0 amide bonds.